The van der Waals surface area contributed by atoms with Gasteiger partial charge in [-0.15, -0.1) is 0 Å². The highest BCUT2D eigenvalue weighted by atomic mass is 79.9. The fourth-order valence-electron chi connectivity index (χ4n) is 3.13. The van der Waals surface area contributed by atoms with Gasteiger partial charge in [0.25, 0.3) is 0 Å². The molecule has 0 bridgehead atoms. The standard InChI is InChI=1S/C23H28BrCl2N3O4S/c1-15(2)12-27-23(31)16(3)28(13-19-20(25)9-6-10-21(19)26)22(30)14-29(34(4,32)33)18-8-5-7-17(24)11-18/h5-11,15-16H,12-14H2,1-4H3,(H,27,31). The third-order valence-corrected chi connectivity index (χ3v) is 7.36. The lowest BCUT2D eigenvalue weighted by Gasteiger charge is -2.32. The molecule has 0 radical (unpaired) electrons. The van der Waals surface area contributed by atoms with Gasteiger partial charge in [-0.2, -0.15) is 0 Å². The first-order valence-corrected chi connectivity index (χ1v) is 13.9. The summed E-state index contributed by atoms with van der Waals surface area (Å²) in [5.41, 5.74) is 0.786. The number of halogens is 3. The van der Waals surface area contributed by atoms with Crippen molar-refractivity contribution in [3.8, 4) is 0 Å². The van der Waals surface area contributed by atoms with Crippen LogP contribution in [0.1, 0.15) is 26.3 Å². The summed E-state index contributed by atoms with van der Waals surface area (Å²) in [6.45, 7) is 5.37. The predicted molar refractivity (Wildman–Crippen MR) is 141 cm³/mol. The molecule has 1 unspecified atom stereocenters. The zero-order valence-corrected chi connectivity index (χ0v) is 23.3. The first-order chi connectivity index (χ1) is 15.8. The minimum atomic E-state index is -3.81. The SMILES string of the molecule is CC(C)CNC(=O)C(C)N(Cc1c(Cl)cccc1Cl)C(=O)CN(c1cccc(Br)c1)S(C)(=O)=O. The van der Waals surface area contributed by atoms with Gasteiger partial charge in [-0.25, -0.2) is 8.42 Å². The van der Waals surface area contributed by atoms with E-state index in [9.17, 15) is 18.0 Å². The van der Waals surface area contributed by atoms with Gasteiger partial charge in [0.2, 0.25) is 21.8 Å². The number of hydrogen-bond acceptors (Lipinski definition) is 4. The minimum absolute atomic E-state index is 0.0658. The molecular weight excluding hydrogens is 565 g/mol. The molecular formula is C23H28BrCl2N3O4S. The lowest BCUT2D eigenvalue weighted by atomic mass is 10.1. The third-order valence-electron chi connectivity index (χ3n) is 5.02. The van der Waals surface area contributed by atoms with Crippen molar-refractivity contribution < 1.29 is 18.0 Å². The van der Waals surface area contributed by atoms with Gasteiger partial charge in [0, 0.05) is 33.2 Å². The summed E-state index contributed by atoms with van der Waals surface area (Å²) >= 11 is 16.0. The molecule has 0 aliphatic heterocycles. The summed E-state index contributed by atoms with van der Waals surface area (Å²) in [5, 5.41) is 3.50. The molecule has 1 N–H and O–H groups in total. The van der Waals surface area contributed by atoms with Gasteiger partial charge in [-0.05, 0) is 43.2 Å². The van der Waals surface area contributed by atoms with E-state index in [0.717, 1.165) is 10.6 Å². The van der Waals surface area contributed by atoms with E-state index in [-0.39, 0.29) is 18.4 Å². The van der Waals surface area contributed by atoms with Crippen LogP contribution in [0.25, 0.3) is 0 Å². The van der Waals surface area contributed by atoms with Crippen LogP contribution in [0.5, 0.6) is 0 Å². The summed E-state index contributed by atoms with van der Waals surface area (Å²) in [6.07, 6.45) is 1.02. The molecule has 1 atom stereocenters. The average molecular weight is 593 g/mol. The number of anilines is 1. The van der Waals surface area contributed by atoms with Crippen LogP contribution < -0.4 is 9.62 Å². The Kier molecular flexibility index (Phi) is 10.2. The van der Waals surface area contributed by atoms with E-state index < -0.39 is 28.5 Å². The van der Waals surface area contributed by atoms with Crippen LogP contribution in [0, 0.1) is 5.92 Å². The summed E-state index contributed by atoms with van der Waals surface area (Å²) in [6, 6.07) is 10.7. The molecule has 11 heteroatoms. The molecule has 34 heavy (non-hydrogen) atoms. The zero-order chi connectivity index (χ0) is 25.6. The van der Waals surface area contributed by atoms with Gasteiger partial charge in [0.1, 0.15) is 12.6 Å². The smallest absolute Gasteiger partial charge is 0.244 e. The van der Waals surface area contributed by atoms with Gasteiger partial charge in [-0.1, -0.05) is 65.1 Å². The summed E-state index contributed by atoms with van der Waals surface area (Å²) < 4.78 is 26.8. The van der Waals surface area contributed by atoms with E-state index in [1.54, 1.807) is 49.4 Å². The van der Waals surface area contributed by atoms with E-state index in [4.69, 9.17) is 23.2 Å². The van der Waals surface area contributed by atoms with Crippen molar-refractivity contribution in [3.05, 3.63) is 62.5 Å². The summed E-state index contributed by atoms with van der Waals surface area (Å²) in [7, 11) is -3.81. The van der Waals surface area contributed by atoms with Crippen LogP contribution in [-0.2, 0) is 26.2 Å². The Morgan fingerprint density at radius 2 is 1.65 bits per heavy atom. The topological polar surface area (TPSA) is 86.8 Å². The molecule has 0 aromatic heterocycles. The maximum Gasteiger partial charge on any atom is 0.244 e. The van der Waals surface area contributed by atoms with Crippen molar-refractivity contribution in [2.24, 2.45) is 5.92 Å². The number of sulfonamides is 1. The second-order valence-electron chi connectivity index (χ2n) is 8.29. The van der Waals surface area contributed by atoms with E-state index in [1.165, 1.54) is 4.90 Å². The molecule has 7 nitrogen and oxygen atoms in total. The van der Waals surface area contributed by atoms with Gasteiger partial charge in [0.15, 0.2) is 0 Å². The van der Waals surface area contributed by atoms with Crippen molar-refractivity contribution in [2.45, 2.75) is 33.4 Å². The van der Waals surface area contributed by atoms with Crippen LogP contribution in [0.2, 0.25) is 10.0 Å². The van der Waals surface area contributed by atoms with Crippen molar-refractivity contribution >= 4 is 66.7 Å². The second-order valence-corrected chi connectivity index (χ2v) is 11.9. The molecule has 0 aliphatic carbocycles. The number of amides is 2. The molecule has 2 rings (SSSR count). The fraction of sp³-hybridized carbons (Fsp3) is 0.391. The van der Waals surface area contributed by atoms with E-state index >= 15 is 0 Å². The quantitative estimate of drug-likeness (QED) is 0.433. The Morgan fingerprint density at radius 3 is 2.18 bits per heavy atom. The lowest BCUT2D eigenvalue weighted by Crippen LogP contribution is -2.51. The first-order valence-electron chi connectivity index (χ1n) is 10.5. The van der Waals surface area contributed by atoms with Gasteiger partial charge < -0.3 is 10.2 Å². The molecule has 0 saturated heterocycles. The monoisotopic (exact) mass is 591 g/mol. The maximum absolute atomic E-state index is 13.5. The number of hydrogen-bond donors (Lipinski definition) is 1. The van der Waals surface area contributed by atoms with Crippen LogP contribution in [0.4, 0.5) is 5.69 Å². The van der Waals surface area contributed by atoms with Crippen molar-refractivity contribution in [1.29, 1.82) is 0 Å². The molecule has 0 heterocycles. The van der Waals surface area contributed by atoms with Crippen LogP contribution >= 0.6 is 39.1 Å². The molecule has 0 spiro atoms. The molecule has 2 amide bonds. The largest absolute Gasteiger partial charge is 0.354 e. The Morgan fingerprint density at radius 1 is 1.06 bits per heavy atom. The van der Waals surface area contributed by atoms with Crippen LogP contribution in [-0.4, -0.2) is 50.5 Å². The number of nitrogens with one attached hydrogen (secondary N) is 1. The highest BCUT2D eigenvalue weighted by molar-refractivity contribution is 9.10. The first kappa shape index (κ1) is 28.4. The lowest BCUT2D eigenvalue weighted by molar-refractivity contribution is -0.139. The minimum Gasteiger partial charge on any atom is -0.354 e. The highest BCUT2D eigenvalue weighted by Gasteiger charge is 2.31. The molecule has 186 valence electrons. The number of benzene rings is 2. The van der Waals surface area contributed by atoms with E-state index in [0.29, 0.717) is 32.3 Å². The van der Waals surface area contributed by atoms with Crippen molar-refractivity contribution in [1.82, 2.24) is 10.2 Å². The van der Waals surface area contributed by atoms with Gasteiger partial charge >= 0.3 is 0 Å². The Labute approximate surface area is 219 Å². The Balaban J connectivity index is 2.43. The number of nitrogens with zero attached hydrogens (tertiary/aromatic N) is 2. The Bertz CT molecular complexity index is 1120. The van der Waals surface area contributed by atoms with E-state index in [2.05, 4.69) is 21.2 Å². The van der Waals surface area contributed by atoms with Crippen molar-refractivity contribution in [2.75, 3.05) is 23.7 Å². The maximum atomic E-state index is 13.5. The fourth-order valence-corrected chi connectivity index (χ4v) is 4.88. The summed E-state index contributed by atoms with van der Waals surface area (Å²) in [4.78, 5) is 27.6. The second kappa shape index (κ2) is 12.2. The van der Waals surface area contributed by atoms with Crippen LogP contribution in [0.3, 0.4) is 0 Å². The van der Waals surface area contributed by atoms with Gasteiger partial charge in [0.05, 0.1) is 11.9 Å². The molecule has 0 saturated carbocycles. The Hall–Kier alpha value is -1.81. The molecule has 0 aliphatic rings. The number of carbonyl (C=O) groups excluding carboxylic acids is 2. The van der Waals surface area contributed by atoms with Crippen molar-refractivity contribution in [3.63, 3.8) is 0 Å². The summed E-state index contributed by atoms with van der Waals surface area (Å²) in [5.74, 6) is -0.720. The third kappa shape index (κ3) is 7.86. The normalized spacial score (nSPS) is 12.4. The zero-order valence-electron chi connectivity index (χ0n) is 19.4. The number of carbonyl (C=O) groups is 2. The number of rotatable bonds is 10. The molecule has 2 aromatic carbocycles. The highest BCUT2D eigenvalue weighted by Crippen LogP contribution is 2.27. The molecule has 0 fully saturated rings. The average Bonchev–Trinajstić information content (AvgIpc) is 2.74. The molecule has 2 aromatic rings. The van der Waals surface area contributed by atoms with Crippen LogP contribution in [0.15, 0.2) is 46.9 Å². The van der Waals surface area contributed by atoms with E-state index in [1.807, 2.05) is 13.8 Å². The van der Waals surface area contributed by atoms with Gasteiger partial charge in [-0.3, -0.25) is 13.9 Å². The predicted octanol–water partition coefficient (Wildman–Crippen LogP) is 4.71.